The monoisotopic (exact) mass is 265 g/mol. The molecule has 0 fully saturated rings. The molecule has 5 nitrogen and oxygen atoms in total. The number of hydrogen-bond donors (Lipinski definition) is 1. The molecule has 0 aliphatic heterocycles. The van der Waals surface area contributed by atoms with Gasteiger partial charge >= 0.3 is 0 Å². The van der Waals surface area contributed by atoms with Crippen LogP contribution < -0.4 is 5.73 Å². The minimum atomic E-state index is -0.0155. The molecule has 106 valence electrons. The number of nitrogens with two attached hydrogens (primary N) is 1. The number of carbonyl (C=O) groups excluding carboxylic acids is 1. The number of hydrogen-bond acceptors (Lipinski definition) is 4. The quantitative estimate of drug-likeness (QED) is 0.818. The Morgan fingerprint density at radius 3 is 2.58 bits per heavy atom. The molecule has 0 aliphatic carbocycles. The van der Waals surface area contributed by atoms with E-state index in [1.165, 1.54) is 6.20 Å². The van der Waals surface area contributed by atoms with Crippen molar-refractivity contribution in [1.82, 2.24) is 9.88 Å². The van der Waals surface area contributed by atoms with Crippen molar-refractivity contribution in [3.8, 4) is 0 Å². The van der Waals surface area contributed by atoms with Crippen LogP contribution in [0, 0.1) is 0 Å². The average Bonchev–Trinajstić information content (AvgIpc) is 2.43. The number of ether oxygens (including phenoxy) is 1. The minimum Gasteiger partial charge on any atom is -0.384 e. The number of methoxy groups -OCH3 is 1. The standard InChI is InChI=1S/C14H23N3O2/c1-4-12(5-2)17(8-9-19-3)14(18)11-6-7-13(15)16-10-11/h6-7,10,12H,4-5,8-9H2,1-3H3,(H2,15,16). The van der Waals surface area contributed by atoms with Gasteiger partial charge in [-0.3, -0.25) is 4.79 Å². The van der Waals surface area contributed by atoms with E-state index in [1.807, 2.05) is 4.90 Å². The molecule has 0 bridgehead atoms. The Morgan fingerprint density at radius 2 is 2.11 bits per heavy atom. The summed E-state index contributed by atoms with van der Waals surface area (Å²) >= 11 is 0. The van der Waals surface area contributed by atoms with E-state index in [9.17, 15) is 4.79 Å². The zero-order valence-electron chi connectivity index (χ0n) is 11.9. The summed E-state index contributed by atoms with van der Waals surface area (Å²) in [6.07, 6.45) is 3.38. The number of carbonyl (C=O) groups is 1. The third-order valence-electron chi connectivity index (χ3n) is 3.21. The van der Waals surface area contributed by atoms with E-state index in [4.69, 9.17) is 10.5 Å². The van der Waals surface area contributed by atoms with Gasteiger partial charge in [-0.05, 0) is 25.0 Å². The van der Waals surface area contributed by atoms with Crippen LogP contribution in [0.5, 0.6) is 0 Å². The number of aromatic nitrogens is 1. The molecule has 1 rings (SSSR count). The van der Waals surface area contributed by atoms with Crippen LogP contribution in [0.4, 0.5) is 5.82 Å². The van der Waals surface area contributed by atoms with Crippen molar-refractivity contribution in [2.75, 3.05) is 26.0 Å². The van der Waals surface area contributed by atoms with Crippen molar-refractivity contribution in [2.45, 2.75) is 32.7 Å². The Labute approximate surface area is 114 Å². The molecule has 19 heavy (non-hydrogen) atoms. The topological polar surface area (TPSA) is 68.5 Å². The lowest BCUT2D eigenvalue weighted by molar-refractivity contribution is 0.0589. The first-order valence-electron chi connectivity index (χ1n) is 6.65. The van der Waals surface area contributed by atoms with Gasteiger partial charge in [0.2, 0.25) is 0 Å². The summed E-state index contributed by atoms with van der Waals surface area (Å²) < 4.78 is 5.09. The number of amides is 1. The molecule has 0 saturated heterocycles. The van der Waals surface area contributed by atoms with Crippen LogP contribution in [0.25, 0.3) is 0 Å². The van der Waals surface area contributed by atoms with Crippen LogP contribution in [0.2, 0.25) is 0 Å². The molecule has 0 radical (unpaired) electrons. The molecule has 5 heteroatoms. The molecule has 1 amide bonds. The van der Waals surface area contributed by atoms with Crippen LogP contribution >= 0.6 is 0 Å². The van der Waals surface area contributed by atoms with Gasteiger partial charge in [0.25, 0.3) is 5.91 Å². The molecule has 0 aliphatic rings. The highest BCUT2D eigenvalue weighted by Crippen LogP contribution is 2.13. The highest BCUT2D eigenvalue weighted by atomic mass is 16.5. The van der Waals surface area contributed by atoms with E-state index in [-0.39, 0.29) is 11.9 Å². The van der Waals surface area contributed by atoms with Gasteiger partial charge < -0.3 is 15.4 Å². The molecule has 1 heterocycles. The largest absolute Gasteiger partial charge is 0.384 e. The van der Waals surface area contributed by atoms with Gasteiger partial charge in [-0.15, -0.1) is 0 Å². The van der Waals surface area contributed by atoms with Crippen LogP contribution in [-0.2, 0) is 4.74 Å². The summed E-state index contributed by atoms with van der Waals surface area (Å²) in [5.41, 5.74) is 6.11. The second-order valence-electron chi connectivity index (χ2n) is 4.43. The average molecular weight is 265 g/mol. The summed E-state index contributed by atoms with van der Waals surface area (Å²) in [4.78, 5) is 18.3. The zero-order valence-corrected chi connectivity index (χ0v) is 11.9. The molecular weight excluding hydrogens is 242 g/mol. The van der Waals surface area contributed by atoms with Gasteiger partial charge in [0, 0.05) is 25.9 Å². The Kier molecular flexibility index (Phi) is 6.29. The fraction of sp³-hybridized carbons (Fsp3) is 0.571. The summed E-state index contributed by atoms with van der Waals surface area (Å²) in [6, 6.07) is 3.58. The van der Waals surface area contributed by atoms with Gasteiger partial charge in [-0.2, -0.15) is 0 Å². The van der Waals surface area contributed by atoms with Crippen molar-refractivity contribution in [2.24, 2.45) is 0 Å². The smallest absolute Gasteiger partial charge is 0.255 e. The SMILES string of the molecule is CCC(CC)N(CCOC)C(=O)c1ccc(N)nc1. The lowest BCUT2D eigenvalue weighted by atomic mass is 10.1. The second kappa shape index (κ2) is 7.74. The van der Waals surface area contributed by atoms with Crippen molar-refractivity contribution >= 4 is 11.7 Å². The van der Waals surface area contributed by atoms with Gasteiger partial charge in [0.15, 0.2) is 0 Å². The van der Waals surface area contributed by atoms with Gasteiger partial charge in [0.05, 0.1) is 12.2 Å². The number of nitrogen functional groups attached to an aromatic ring is 1. The molecule has 1 aromatic rings. The van der Waals surface area contributed by atoms with Crippen molar-refractivity contribution in [1.29, 1.82) is 0 Å². The Morgan fingerprint density at radius 1 is 1.42 bits per heavy atom. The van der Waals surface area contributed by atoms with E-state index in [0.717, 1.165) is 12.8 Å². The second-order valence-corrected chi connectivity index (χ2v) is 4.43. The van der Waals surface area contributed by atoms with Gasteiger partial charge in [-0.1, -0.05) is 13.8 Å². The van der Waals surface area contributed by atoms with Crippen LogP contribution in [0.1, 0.15) is 37.0 Å². The lowest BCUT2D eigenvalue weighted by Crippen LogP contribution is -2.41. The van der Waals surface area contributed by atoms with E-state index in [1.54, 1.807) is 19.2 Å². The van der Waals surface area contributed by atoms with Crippen LogP contribution in [0.15, 0.2) is 18.3 Å². The summed E-state index contributed by atoms with van der Waals surface area (Å²) in [5.74, 6) is 0.403. The van der Waals surface area contributed by atoms with Crippen LogP contribution in [-0.4, -0.2) is 42.1 Å². The highest BCUT2D eigenvalue weighted by molar-refractivity contribution is 5.94. The van der Waals surface area contributed by atoms with E-state index < -0.39 is 0 Å². The summed E-state index contributed by atoms with van der Waals surface area (Å²) in [6.45, 7) is 5.29. The molecule has 0 spiro atoms. The number of anilines is 1. The maximum atomic E-state index is 12.5. The number of pyridine rings is 1. The Bertz CT molecular complexity index is 388. The Hall–Kier alpha value is -1.62. The first-order chi connectivity index (χ1) is 9.13. The number of rotatable bonds is 7. The minimum absolute atomic E-state index is 0.0155. The molecule has 0 unspecified atom stereocenters. The van der Waals surface area contributed by atoms with Gasteiger partial charge in [0.1, 0.15) is 5.82 Å². The predicted molar refractivity (Wildman–Crippen MR) is 75.9 cm³/mol. The molecule has 2 N–H and O–H groups in total. The molecule has 0 atom stereocenters. The van der Waals surface area contributed by atoms with E-state index in [0.29, 0.717) is 24.5 Å². The Balaban J connectivity index is 2.89. The first-order valence-corrected chi connectivity index (χ1v) is 6.65. The highest BCUT2D eigenvalue weighted by Gasteiger charge is 2.22. The molecular formula is C14H23N3O2. The van der Waals surface area contributed by atoms with Crippen LogP contribution in [0.3, 0.4) is 0 Å². The maximum Gasteiger partial charge on any atom is 0.255 e. The first kappa shape index (κ1) is 15.4. The summed E-state index contributed by atoms with van der Waals surface area (Å²) in [7, 11) is 1.64. The lowest BCUT2D eigenvalue weighted by Gasteiger charge is -2.30. The summed E-state index contributed by atoms with van der Waals surface area (Å²) in [5, 5.41) is 0. The maximum absolute atomic E-state index is 12.5. The zero-order chi connectivity index (χ0) is 14.3. The van der Waals surface area contributed by atoms with Gasteiger partial charge in [-0.25, -0.2) is 4.98 Å². The van der Waals surface area contributed by atoms with Crippen molar-refractivity contribution in [3.05, 3.63) is 23.9 Å². The van der Waals surface area contributed by atoms with Crippen molar-refractivity contribution < 1.29 is 9.53 Å². The predicted octanol–water partition coefficient (Wildman–Crippen LogP) is 1.94. The molecule has 0 saturated carbocycles. The normalized spacial score (nSPS) is 10.7. The van der Waals surface area contributed by atoms with Crippen molar-refractivity contribution in [3.63, 3.8) is 0 Å². The fourth-order valence-corrected chi connectivity index (χ4v) is 2.07. The molecule has 1 aromatic heterocycles. The van der Waals surface area contributed by atoms with E-state index >= 15 is 0 Å². The van der Waals surface area contributed by atoms with E-state index in [2.05, 4.69) is 18.8 Å². The third kappa shape index (κ3) is 4.21. The molecule has 0 aromatic carbocycles. The third-order valence-corrected chi connectivity index (χ3v) is 3.21. The fourth-order valence-electron chi connectivity index (χ4n) is 2.07. The number of nitrogens with zero attached hydrogens (tertiary/aromatic N) is 2.